The van der Waals surface area contributed by atoms with Crippen LogP contribution >= 0.6 is 39.1 Å². The standard InChI is InChI=1S/C24H26BrCl2N3O3/c1-14-9-15(25)10-18(27)21(14)22-19(30-6-5-16(26)11-20(30)28-22)12-17-13-29(7-8-32-17)23(31)33-24(2,3)4/h5-6,9-11,17H,7-8,12-13H2,1-4H3/t17-/m0/s1. The van der Waals surface area contributed by atoms with Crippen LogP contribution in [-0.4, -0.2) is 51.8 Å². The molecule has 0 N–H and O–H groups in total. The predicted molar refractivity (Wildman–Crippen MR) is 134 cm³/mol. The van der Waals surface area contributed by atoms with Crippen molar-refractivity contribution in [1.82, 2.24) is 14.3 Å². The van der Waals surface area contributed by atoms with Gasteiger partial charge in [-0.1, -0.05) is 39.1 Å². The predicted octanol–water partition coefficient (Wildman–Crippen LogP) is 6.56. The van der Waals surface area contributed by atoms with Gasteiger partial charge >= 0.3 is 6.09 Å². The van der Waals surface area contributed by atoms with Crippen LogP contribution in [0.5, 0.6) is 0 Å². The summed E-state index contributed by atoms with van der Waals surface area (Å²) in [6.45, 7) is 8.98. The first-order chi connectivity index (χ1) is 15.5. The van der Waals surface area contributed by atoms with E-state index in [1.165, 1.54) is 0 Å². The number of benzene rings is 1. The third-order valence-electron chi connectivity index (χ3n) is 5.39. The molecule has 33 heavy (non-hydrogen) atoms. The zero-order valence-electron chi connectivity index (χ0n) is 19.0. The zero-order chi connectivity index (χ0) is 23.9. The van der Waals surface area contributed by atoms with Crippen LogP contribution in [0.2, 0.25) is 10.0 Å². The number of fused-ring (bicyclic) bond motifs is 1. The van der Waals surface area contributed by atoms with E-state index in [0.29, 0.717) is 36.2 Å². The van der Waals surface area contributed by atoms with Crippen molar-refractivity contribution in [3.05, 3.63) is 56.2 Å². The minimum atomic E-state index is -0.547. The second kappa shape index (κ2) is 9.45. The molecule has 0 aliphatic carbocycles. The highest BCUT2D eigenvalue weighted by Crippen LogP contribution is 2.37. The summed E-state index contributed by atoms with van der Waals surface area (Å²) in [6.07, 6.45) is 1.91. The van der Waals surface area contributed by atoms with Gasteiger partial charge in [0.05, 0.1) is 35.7 Å². The van der Waals surface area contributed by atoms with Crippen molar-refractivity contribution in [2.75, 3.05) is 19.7 Å². The Balaban J connectivity index is 1.70. The Labute approximate surface area is 211 Å². The first-order valence-corrected chi connectivity index (χ1v) is 12.3. The first kappa shape index (κ1) is 24.3. The molecule has 4 rings (SSSR count). The fourth-order valence-electron chi connectivity index (χ4n) is 4.02. The largest absolute Gasteiger partial charge is 0.444 e. The van der Waals surface area contributed by atoms with Gasteiger partial charge in [-0.3, -0.25) is 0 Å². The van der Waals surface area contributed by atoms with Crippen LogP contribution < -0.4 is 0 Å². The highest BCUT2D eigenvalue weighted by atomic mass is 79.9. The second-order valence-electron chi connectivity index (χ2n) is 9.18. The molecule has 0 saturated carbocycles. The molecule has 3 heterocycles. The molecule has 0 radical (unpaired) electrons. The van der Waals surface area contributed by atoms with Crippen molar-refractivity contribution in [2.24, 2.45) is 0 Å². The minimum absolute atomic E-state index is 0.213. The number of nitrogens with zero attached hydrogens (tertiary/aromatic N) is 3. The number of halogens is 3. The highest BCUT2D eigenvalue weighted by Gasteiger charge is 2.30. The lowest BCUT2D eigenvalue weighted by Crippen LogP contribution is -2.48. The average Bonchev–Trinajstić information content (AvgIpc) is 3.03. The third kappa shape index (κ3) is 5.48. The summed E-state index contributed by atoms with van der Waals surface area (Å²) in [5.41, 5.74) is 3.79. The molecule has 176 valence electrons. The number of morpholine rings is 1. The van der Waals surface area contributed by atoms with E-state index in [1.807, 2.05) is 62.6 Å². The topological polar surface area (TPSA) is 56.1 Å². The molecule has 1 aliphatic rings. The van der Waals surface area contributed by atoms with Gasteiger partial charge in [0.15, 0.2) is 0 Å². The van der Waals surface area contributed by atoms with E-state index in [0.717, 1.165) is 32.6 Å². The van der Waals surface area contributed by atoms with E-state index in [-0.39, 0.29) is 12.2 Å². The molecule has 3 aromatic rings. The number of pyridine rings is 1. The summed E-state index contributed by atoms with van der Waals surface area (Å²) in [4.78, 5) is 19.2. The van der Waals surface area contributed by atoms with Crippen LogP contribution in [0.4, 0.5) is 4.79 Å². The van der Waals surface area contributed by atoms with Crippen molar-refractivity contribution in [2.45, 2.75) is 45.8 Å². The van der Waals surface area contributed by atoms with Gasteiger partial charge in [0.25, 0.3) is 0 Å². The van der Waals surface area contributed by atoms with Crippen LogP contribution in [0.25, 0.3) is 16.9 Å². The van der Waals surface area contributed by atoms with Gasteiger partial charge in [-0.2, -0.15) is 0 Å². The Hall–Kier alpha value is -1.80. The maximum Gasteiger partial charge on any atom is 0.410 e. The van der Waals surface area contributed by atoms with Gasteiger partial charge in [-0.15, -0.1) is 0 Å². The second-order valence-corrected chi connectivity index (χ2v) is 10.9. The Bertz CT molecular complexity index is 1180. The zero-order valence-corrected chi connectivity index (χ0v) is 22.1. The maximum absolute atomic E-state index is 12.6. The summed E-state index contributed by atoms with van der Waals surface area (Å²) in [5, 5.41) is 1.21. The third-order valence-corrected chi connectivity index (χ3v) is 6.38. The fraction of sp³-hybridized carbons (Fsp3) is 0.417. The smallest absolute Gasteiger partial charge is 0.410 e. The molecule has 1 saturated heterocycles. The average molecular weight is 555 g/mol. The van der Waals surface area contributed by atoms with E-state index in [4.69, 9.17) is 37.7 Å². The number of amides is 1. The molecular weight excluding hydrogens is 529 g/mol. The van der Waals surface area contributed by atoms with Crippen LogP contribution in [0.3, 0.4) is 0 Å². The van der Waals surface area contributed by atoms with E-state index in [2.05, 4.69) is 15.9 Å². The molecule has 1 aromatic carbocycles. The number of aryl methyl sites for hydroxylation is 1. The summed E-state index contributed by atoms with van der Waals surface area (Å²) >= 11 is 16.4. The molecule has 1 atom stereocenters. The van der Waals surface area contributed by atoms with Crippen molar-refractivity contribution >= 4 is 50.9 Å². The Morgan fingerprint density at radius 1 is 1.30 bits per heavy atom. The van der Waals surface area contributed by atoms with E-state index < -0.39 is 5.60 Å². The molecular formula is C24H26BrCl2N3O3. The number of imidazole rings is 1. The summed E-state index contributed by atoms with van der Waals surface area (Å²) < 4.78 is 14.5. The van der Waals surface area contributed by atoms with E-state index in [9.17, 15) is 4.79 Å². The lowest BCUT2D eigenvalue weighted by atomic mass is 10.0. The molecule has 0 unspecified atom stereocenters. The van der Waals surface area contributed by atoms with Crippen molar-refractivity contribution in [1.29, 1.82) is 0 Å². The summed E-state index contributed by atoms with van der Waals surface area (Å²) in [7, 11) is 0. The highest BCUT2D eigenvalue weighted by molar-refractivity contribution is 9.10. The van der Waals surface area contributed by atoms with E-state index >= 15 is 0 Å². The molecule has 0 bridgehead atoms. The number of rotatable bonds is 3. The Morgan fingerprint density at radius 3 is 2.76 bits per heavy atom. The van der Waals surface area contributed by atoms with Crippen LogP contribution in [0.1, 0.15) is 32.0 Å². The molecule has 1 aliphatic heterocycles. The van der Waals surface area contributed by atoms with Gasteiger partial charge in [0, 0.05) is 40.3 Å². The minimum Gasteiger partial charge on any atom is -0.444 e. The summed E-state index contributed by atoms with van der Waals surface area (Å²) in [5.74, 6) is 0. The molecule has 2 aromatic heterocycles. The monoisotopic (exact) mass is 553 g/mol. The van der Waals surface area contributed by atoms with Gasteiger partial charge < -0.3 is 18.8 Å². The Kier molecular flexibility index (Phi) is 6.97. The SMILES string of the molecule is Cc1cc(Br)cc(Cl)c1-c1nc2cc(Cl)ccn2c1C[C@H]1CN(C(=O)OC(C)(C)C)CCO1. The first-order valence-electron chi connectivity index (χ1n) is 10.7. The van der Waals surface area contributed by atoms with Gasteiger partial charge in [0.1, 0.15) is 11.2 Å². The molecule has 1 fully saturated rings. The molecule has 6 nitrogen and oxygen atoms in total. The van der Waals surface area contributed by atoms with Gasteiger partial charge in [-0.05, 0) is 51.5 Å². The number of aromatic nitrogens is 2. The van der Waals surface area contributed by atoms with Crippen LogP contribution in [0, 0.1) is 6.92 Å². The lowest BCUT2D eigenvalue weighted by molar-refractivity contribution is -0.0418. The van der Waals surface area contributed by atoms with Crippen LogP contribution in [0.15, 0.2) is 34.9 Å². The van der Waals surface area contributed by atoms with Crippen LogP contribution in [-0.2, 0) is 15.9 Å². The number of carbonyl (C=O) groups is 1. The van der Waals surface area contributed by atoms with Crippen molar-refractivity contribution in [3.8, 4) is 11.3 Å². The van der Waals surface area contributed by atoms with Crippen molar-refractivity contribution in [3.63, 3.8) is 0 Å². The quantitative estimate of drug-likeness (QED) is 0.368. The fourth-order valence-corrected chi connectivity index (χ4v) is 5.23. The Morgan fingerprint density at radius 2 is 2.06 bits per heavy atom. The summed E-state index contributed by atoms with van der Waals surface area (Å²) in [6, 6.07) is 7.54. The molecule has 1 amide bonds. The number of carbonyl (C=O) groups excluding carboxylic acids is 1. The van der Waals surface area contributed by atoms with Crippen molar-refractivity contribution < 1.29 is 14.3 Å². The molecule has 0 spiro atoms. The number of ether oxygens (including phenoxy) is 2. The number of hydrogen-bond acceptors (Lipinski definition) is 4. The molecule has 9 heteroatoms. The normalized spacial score (nSPS) is 16.9. The van der Waals surface area contributed by atoms with Gasteiger partial charge in [-0.25, -0.2) is 9.78 Å². The maximum atomic E-state index is 12.6. The van der Waals surface area contributed by atoms with Gasteiger partial charge in [0.2, 0.25) is 0 Å². The lowest BCUT2D eigenvalue weighted by Gasteiger charge is -2.34. The van der Waals surface area contributed by atoms with E-state index in [1.54, 1.807) is 4.90 Å². The number of hydrogen-bond donors (Lipinski definition) is 0.